The molecule has 2 aromatic rings. The number of anilines is 2. The van der Waals surface area contributed by atoms with E-state index < -0.39 is 0 Å². The predicted molar refractivity (Wildman–Crippen MR) is 80.0 cm³/mol. The summed E-state index contributed by atoms with van der Waals surface area (Å²) in [7, 11) is 0. The maximum Gasteiger partial charge on any atom is 0.257 e. The Kier molecular flexibility index (Phi) is 3.98. The van der Waals surface area contributed by atoms with E-state index in [1.165, 1.54) is 0 Å². The molecule has 3 nitrogen and oxygen atoms in total. The minimum Gasteiger partial charge on any atom is -0.398 e. The van der Waals surface area contributed by atoms with Gasteiger partial charge in [-0.1, -0.05) is 29.3 Å². The van der Waals surface area contributed by atoms with Crippen molar-refractivity contribution in [1.29, 1.82) is 0 Å². The van der Waals surface area contributed by atoms with Crippen molar-refractivity contribution >= 4 is 40.5 Å². The molecule has 2 rings (SSSR count). The Morgan fingerprint density at radius 1 is 1.11 bits per heavy atom. The molecule has 0 radical (unpaired) electrons. The number of rotatable bonds is 2. The molecular formula is C14H12Cl2N2O. The Bertz CT molecular complexity index is 641. The van der Waals surface area contributed by atoms with Crippen LogP contribution in [-0.2, 0) is 0 Å². The van der Waals surface area contributed by atoms with Crippen LogP contribution in [0.1, 0.15) is 15.9 Å². The number of nitrogens with one attached hydrogen (secondary N) is 1. The van der Waals surface area contributed by atoms with Crippen LogP contribution in [0, 0.1) is 6.92 Å². The fourth-order valence-electron chi connectivity index (χ4n) is 1.61. The highest BCUT2D eigenvalue weighted by Crippen LogP contribution is 2.24. The molecule has 0 fully saturated rings. The lowest BCUT2D eigenvalue weighted by molar-refractivity contribution is 0.102. The molecule has 0 aromatic heterocycles. The topological polar surface area (TPSA) is 55.1 Å². The number of aryl methyl sites for hydroxylation is 1. The summed E-state index contributed by atoms with van der Waals surface area (Å²) in [5.41, 5.74) is 8.06. The lowest BCUT2D eigenvalue weighted by atomic mass is 10.1. The third-order valence-electron chi connectivity index (χ3n) is 2.63. The van der Waals surface area contributed by atoms with Crippen molar-refractivity contribution in [3.63, 3.8) is 0 Å². The Morgan fingerprint density at radius 2 is 1.84 bits per heavy atom. The first-order valence-electron chi connectivity index (χ1n) is 5.60. The molecule has 98 valence electrons. The second-order valence-electron chi connectivity index (χ2n) is 4.17. The molecule has 0 aliphatic rings. The van der Waals surface area contributed by atoms with Crippen LogP contribution in [0.3, 0.4) is 0 Å². The highest BCUT2D eigenvalue weighted by Gasteiger charge is 2.11. The molecule has 3 N–H and O–H groups in total. The fourth-order valence-corrected chi connectivity index (χ4v) is 2.11. The average molecular weight is 295 g/mol. The van der Waals surface area contributed by atoms with Crippen molar-refractivity contribution in [2.45, 2.75) is 6.92 Å². The van der Waals surface area contributed by atoms with E-state index >= 15 is 0 Å². The van der Waals surface area contributed by atoms with Gasteiger partial charge in [0, 0.05) is 5.69 Å². The molecule has 1 amide bonds. The Labute approximate surface area is 121 Å². The molecule has 0 aliphatic heterocycles. The van der Waals surface area contributed by atoms with Gasteiger partial charge in [-0.15, -0.1) is 0 Å². The van der Waals surface area contributed by atoms with Crippen LogP contribution in [0.25, 0.3) is 0 Å². The van der Waals surface area contributed by atoms with Gasteiger partial charge in [0.1, 0.15) is 0 Å². The van der Waals surface area contributed by atoms with E-state index in [9.17, 15) is 4.79 Å². The van der Waals surface area contributed by atoms with Gasteiger partial charge in [-0.25, -0.2) is 0 Å². The first kappa shape index (κ1) is 13.7. The van der Waals surface area contributed by atoms with Crippen LogP contribution in [0.5, 0.6) is 0 Å². The van der Waals surface area contributed by atoms with Crippen LogP contribution in [-0.4, -0.2) is 5.91 Å². The van der Waals surface area contributed by atoms with Crippen molar-refractivity contribution in [1.82, 2.24) is 0 Å². The van der Waals surface area contributed by atoms with Gasteiger partial charge in [0.25, 0.3) is 5.91 Å². The molecule has 0 saturated heterocycles. The largest absolute Gasteiger partial charge is 0.398 e. The highest BCUT2D eigenvalue weighted by atomic mass is 35.5. The zero-order valence-corrected chi connectivity index (χ0v) is 11.7. The second kappa shape index (κ2) is 5.51. The monoisotopic (exact) mass is 294 g/mol. The lowest BCUT2D eigenvalue weighted by Gasteiger charge is -2.08. The summed E-state index contributed by atoms with van der Waals surface area (Å²) in [6.45, 7) is 1.91. The average Bonchev–Trinajstić information content (AvgIpc) is 2.33. The van der Waals surface area contributed by atoms with Gasteiger partial charge in [0.15, 0.2) is 0 Å². The molecule has 0 spiro atoms. The number of halogens is 2. The molecule has 0 unspecified atom stereocenters. The van der Waals surface area contributed by atoms with Crippen LogP contribution < -0.4 is 11.1 Å². The van der Waals surface area contributed by atoms with Crippen LogP contribution in [0.2, 0.25) is 10.0 Å². The molecule has 2 aromatic carbocycles. The molecule has 5 heteroatoms. The first-order chi connectivity index (χ1) is 8.97. The van der Waals surface area contributed by atoms with E-state index in [1.54, 1.807) is 30.3 Å². The van der Waals surface area contributed by atoms with E-state index in [-0.39, 0.29) is 5.91 Å². The summed E-state index contributed by atoms with van der Waals surface area (Å²) >= 11 is 11.9. The normalized spacial score (nSPS) is 10.3. The number of benzene rings is 2. The summed E-state index contributed by atoms with van der Waals surface area (Å²) in [4.78, 5) is 12.1. The maximum absolute atomic E-state index is 12.1. The lowest BCUT2D eigenvalue weighted by Crippen LogP contribution is -2.12. The molecule has 0 saturated carbocycles. The SMILES string of the molecule is Cc1ccc(C(=O)Nc2ccc(N)c(Cl)c2)c(Cl)c1. The van der Waals surface area contributed by atoms with Crippen LogP contribution in [0.15, 0.2) is 36.4 Å². The van der Waals surface area contributed by atoms with Gasteiger partial charge < -0.3 is 11.1 Å². The number of nitrogens with two attached hydrogens (primary N) is 1. The summed E-state index contributed by atoms with van der Waals surface area (Å²) < 4.78 is 0. The number of carbonyl (C=O) groups excluding carboxylic acids is 1. The van der Waals surface area contributed by atoms with Crippen LogP contribution in [0.4, 0.5) is 11.4 Å². The number of amides is 1. The third kappa shape index (κ3) is 3.19. The third-order valence-corrected chi connectivity index (χ3v) is 3.27. The standard InChI is InChI=1S/C14H12Cl2N2O/c1-8-2-4-10(11(15)6-8)14(19)18-9-3-5-13(17)12(16)7-9/h2-7H,17H2,1H3,(H,18,19). The molecule has 0 atom stereocenters. The molecule has 0 bridgehead atoms. The number of nitrogen functional groups attached to an aromatic ring is 1. The highest BCUT2D eigenvalue weighted by molar-refractivity contribution is 6.35. The second-order valence-corrected chi connectivity index (χ2v) is 4.99. The summed E-state index contributed by atoms with van der Waals surface area (Å²) in [6.07, 6.45) is 0. The van der Waals surface area contributed by atoms with Gasteiger partial charge in [-0.05, 0) is 42.8 Å². The van der Waals surface area contributed by atoms with Crippen molar-refractivity contribution in [3.05, 3.63) is 57.6 Å². The molecular weight excluding hydrogens is 283 g/mol. The summed E-state index contributed by atoms with van der Waals surface area (Å²) in [6, 6.07) is 10.2. The fraction of sp³-hybridized carbons (Fsp3) is 0.0714. The minimum absolute atomic E-state index is 0.286. The first-order valence-corrected chi connectivity index (χ1v) is 6.35. The van der Waals surface area contributed by atoms with Crippen molar-refractivity contribution < 1.29 is 4.79 Å². The van der Waals surface area contributed by atoms with Gasteiger partial charge >= 0.3 is 0 Å². The van der Waals surface area contributed by atoms with Crippen LogP contribution >= 0.6 is 23.2 Å². The number of carbonyl (C=O) groups is 1. The number of hydrogen-bond acceptors (Lipinski definition) is 2. The molecule has 0 heterocycles. The summed E-state index contributed by atoms with van der Waals surface area (Å²) in [5, 5.41) is 3.54. The van der Waals surface area contributed by atoms with Gasteiger partial charge in [-0.2, -0.15) is 0 Å². The van der Waals surface area contributed by atoms with E-state index in [4.69, 9.17) is 28.9 Å². The predicted octanol–water partition coefficient (Wildman–Crippen LogP) is 4.14. The van der Waals surface area contributed by atoms with E-state index in [2.05, 4.69) is 5.32 Å². The zero-order valence-electron chi connectivity index (χ0n) is 10.2. The molecule has 0 aliphatic carbocycles. The molecule has 19 heavy (non-hydrogen) atoms. The quantitative estimate of drug-likeness (QED) is 0.818. The zero-order chi connectivity index (χ0) is 14.0. The Hall–Kier alpha value is -1.71. The van der Waals surface area contributed by atoms with E-state index in [0.29, 0.717) is 27.0 Å². The van der Waals surface area contributed by atoms with Gasteiger partial charge in [-0.3, -0.25) is 4.79 Å². The van der Waals surface area contributed by atoms with Crippen molar-refractivity contribution in [2.75, 3.05) is 11.1 Å². The van der Waals surface area contributed by atoms with Crippen molar-refractivity contribution in [2.24, 2.45) is 0 Å². The Morgan fingerprint density at radius 3 is 2.47 bits per heavy atom. The number of hydrogen-bond donors (Lipinski definition) is 2. The summed E-state index contributed by atoms with van der Waals surface area (Å²) in [5.74, 6) is -0.286. The van der Waals surface area contributed by atoms with E-state index in [0.717, 1.165) is 5.56 Å². The minimum atomic E-state index is -0.286. The van der Waals surface area contributed by atoms with Gasteiger partial charge in [0.05, 0.1) is 21.3 Å². The van der Waals surface area contributed by atoms with Crippen molar-refractivity contribution in [3.8, 4) is 0 Å². The maximum atomic E-state index is 12.1. The van der Waals surface area contributed by atoms with Gasteiger partial charge in [0.2, 0.25) is 0 Å². The Balaban J connectivity index is 2.23. The smallest absolute Gasteiger partial charge is 0.257 e. The van der Waals surface area contributed by atoms with E-state index in [1.807, 2.05) is 13.0 Å².